The number of hydrogen-bond acceptors (Lipinski definition) is 2. The summed E-state index contributed by atoms with van der Waals surface area (Å²) in [6.45, 7) is 3.42. The molecule has 0 radical (unpaired) electrons. The van der Waals surface area contributed by atoms with E-state index in [1.165, 1.54) is 50.0 Å². The van der Waals surface area contributed by atoms with Gasteiger partial charge in [-0.05, 0) is 49.1 Å². The van der Waals surface area contributed by atoms with E-state index in [2.05, 4.69) is 24.0 Å². The van der Waals surface area contributed by atoms with E-state index >= 15 is 0 Å². The van der Waals surface area contributed by atoms with Gasteiger partial charge in [0.15, 0.2) is 0 Å². The molecule has 88 valence electrons. The van der Waals surface area contributed by atoms with E-state index in [1.54, 1.807) is 0 Å². The molecule has 0 aromatic rings. The van der Waals surface area contributed by atoms with E-state index in [0.717, 1.165) is 24.4 Å². The summed E-state index contributed by atoms with van der Waals surface area (Å²) in [6.07, 6.45) is 8.87. The number of rotatable bonds is 4. The van der Waals surface area contributed by atoms with Gasteiger partial charge in [0.05, 0.1) is 0 Å². The molecule has 0 aromatic carbocycles. The van der Waals surface area contributed by atoms with Crippen molar-refractivity contribution in [3.05, 3.63) is 0 Å². The van der Waals surface area contributed by atoms with Crippen molar-refractivity contribution in [3.63, 3.8) is 0 Å². The molecular weight excluding hydrogens is 202 g/mol. The van der Waals surface area contributed by atoms with Crippen molar-refractivity contribution < 1.29 is 0 Å². The third kappa shape index (κ3) is 3.13. The van der Waals surface area contributed by atoms with Crippen LogP contribution in [-0.4, -0.2) is 24.1 Å². The Balaban J connectivity index is 1.90. The second-order valence-corrected chi connectivity index (χ2v) is 6.26. The molecule has 1 saturated carbocycles. The Kier molecular flexibility index (Phi) is 4.83. The molecule has 0 spiro atoms. The number of hydrogen-bond donors (Lipinski definition) is 1. The minimum atomic E-state index is 0.838. The molecule has 1 N–H and O–H groups in total. The lowest BCUT2D eigenvalue weighted by Gasteiger charge is -2.34. The Morgan fingerprint density at radius 3 is 2.53 bits per heavy atom. The van der Waals surface area contributed by atoms with Gasteiger partial charge in [-0.2, -0.15) is 11.8 Å². The fourth-order valence-corrected chi connectivity index (χ4v) is 4.60. The van der Waals surface area contributed by atoms with Gasteiger partial charge >= 0.3 is 0 Å². The van der Waals surface area contributed by atoms with Gasteiger partial charge in [-0.15, -0.1) is 0 Å². The smallest absolute Gasteiger partial charge is 0.0132 e. The summed E-state index contributed by atoms with van der Waals surface area (Å²) < 4.78 is 0. The predicted molar refractivity (Wildman–Crippen MR) is 69.5 cm³/mol. The number of nitrogens with one attached hydrogen (secondary N) is 1. The topological polar surface area (TPSA) is 12.0 Å². The van der Waals surface area contributed by atoms with E-state index in [9.17, 15) is 0 Å². The number of thioether (sulfide) groups is 1. The van der Waals surface area contributed by atoms with Crippen LogP contribution in [-0.2, 0) is 0 Å². The Bertz CT molecular complexity index is 171. The van der Waals surface area contributed by atoms with Crippen LogP contribution in [0.4, 0.5) is 0 Å². The Morgan fingerprint density at radius 1 is 1.13 bits per heavy atom. The molecule has 0 aromatic heterocycles. The average molecular weight is 227 g/mol. The van der Waals surface area contributed by atoms with E-state index in [0.29, 0.717) is 0 Å². The molecule has 2 heteroatoms. The van der Waals surface area contributed by atoms with Crippen molar-refractivity contribution in [2.24, 2.45) is 11.8 Å². The first-order valence-electron chi connectivity index (χ1n) is 6.73. The lowest BCUT2D eigenvalue weighted by atomic mass is 9.78. The third-order valence-corrected chi connectivity index (χ3v) is 5.26. The van der Waals surface area contributed by atoms with Gasteiger partial charge in [0.25, 0.3) is 0 Å². The molecule has 1 aliphatic heterocycles. The van der Waals surface area contributed by atoms with Crippen LogP contribution < -0.4 is 5.32 Å². The van der Waals surface area contributed by atoms with Crippen molar-refractivity contribution in [2.45, 2.75) is 51.5 Å². The summed E-state index contributed by atoms with van der Waals surface area (Å²) in [4.78, 5) is 0. The summed E-state index contributed by atoms with van der Waals surface area (Å²) in [5.41, 5.74) is 0. The molecule has 1 heterocycles. The molecule has 2 aliphatic rings. The van der Waals surface area contributed by atoms with E-state index in [-0.39, 0.29) is 0 Å². The van der Waals surface area contributed by atoms with Crippen LogP contribution in [0.2, 0.25) is 0 Å². The molecule has 0 bridgehead atoms. The fourth-order valence-electron chi connectivity index (χ4n) is 3.28. The standard InChI is InChI=1S/C13H25NS/c1-2-14-13(12-8-9-15-10-12)11-6-4-3-5-7-11/h11-14H,2-10H2,1H3. The largest absolute Gasteiger partial charge is 0.314 e. The van der Waals surface area contributed by atoms with Crippen molar-refractivity contribution in [2.75, 3.05) is 18.1 Å². The maximum atomic E-state index is 3.78. The highest BCUT2D eigenvalue weighted by atomic mass is 32.2. The maximum absolute atomic E-state index is 3.78. The predicted octanol–water partition coefficient (Wildman–Crippen LogP) is 3.30. The minimum absolute atomic E-state index is 0.838. The summed E-state index contributed by atoms with van der Waals surface area (Å²) in [5.74, 6) is 4.77. The van der Waals surface area contributed by atoms with E-state index < -0.39 is 0 Å². The van der Waals surface area contributed by atoms with Gasteiger partial charge in [-0.1, -0.05) is 26.2 Å². The van der Waals surface area contributed by atoms with Crippen molar-refractivity contribution in [1.29, 1.82) is 0 Å². The van der Waals surface area contributed by atoms with Crippen LogP contribution in [0.3, 0.4) is 0 Å². The Hall–Kier alpha value is 0.310. The quantitative estimate of drug-likeness (QED) is 0.791. The van der Waals surface area contributed by atoms with Crippen molar-refractivity contribution >= 4 is 11.8 Å². The van der Waals surface area contributed by atoms with Gasteiger partial charge < -0.3 is 5.32 Å². The minimum Gasteiger partial charge on any atom is -0.314 e. The van der Waals surface area contributed by atoms with Gasteiger partial charge in [0.2, 0.25) is 0 Å². The summed E-state index contributed by atoms with van der Waals surface area (Å²) in [7, 11) is 0. The Labute approximate surface area is 98.8 Å². The Morgan fingerprint density at radius 2 is 1.93 bits per heavy atom. The zero-order valence-electron chi connectivity index (χ0n) is 10.0. The molecular formula is C13H25NS. The molecule has 2 atom stereocenters. The maximum Gasteiger partial charge on any atom is 0.0132 e. The van der Waals surface area contributed by atoms with Crippen LogP contribution in [0.5, 0.6) is 0 Å². The van der Waals surface area contributed by atoms with Crippen LogP contribution in [0.1, 0.15) is 45.4 Å². The average Bonchev–Trinajstić information content (AvgIpc) is 2.80. The highest BCUT2D eigenvalue weighted by Crippen LogP contribution is 2.35. The van der Waals surface area contributed by atoms with E-state index in [1.807, 2.05) is 0 Å². The lowest BCUT2D eigenvalue weighted by molar-refractivity contribution is 0.220. The molecule has 0 amide bonds. The summed E-state index contributed by atoms with van der Waals surface area (Å²) >= 11 is 2.16. The second-order valence-electron chi connectivity index (χ2n) is 5.11. The van der Waals surface area contributed by atoms with Gasteiger partial charge in [0, 0.05) is 6.04 Å². The summed E-state index contributed by atoms with van der Waals surface area (Å²) in [5, 5.41) is 3.78. The van der Waals surface area contributed by atoms with Crippen LogP contribution in [0, 0.1) is 11.8 Å². The molecule has 2 unspecified atom stereocenters. The first-order chi connectivity index (χ1) is 7.42. The van der Waals surface area contributed by atoms with Gasteiger partial charge in [0.1, 0.15) is 0 Å². The van der Waals surface area contributed by atoms with Crippen molar-refractivity contribution in [3.8, 4) is 0 Å². The first kappa shape index (κ1) is 11.8. The van der Waals surface area contributed by atoms with Gasteiger partial charge in [-0.3, -0.25) is 0 Å². The molecule has 1 aliphatic carbocycles. The zero-order valence-corrected chi connectivity index (χ0v) is 10.8. The SMILES string of the molecule is CCNC(C1CCCCC1)C1CCSC1. The first-order valence-corrected chi connectivity index (χ1v) is 7.88. The molecule has 1 nitrogen and oxygen atoms in total. The molecule has 2 rings (SSSR count). The van der Waals surface area contributed by atoms with Crippen LogP contribution in [0.25, 0.3) is 0 Å². The highest BCUT2D eigenvalue weighted by molar-refractivity contribution is 7.99. The zero-order chi connectivity index (χ0) is 10.5. The fraction of sp³-hybridized carbons (Fsp3) is 1.00. The van der Waals surface area contributed by atoms with E-state index in [4.69, 9.17) is 0 Å². The molecule has 1 saturated heterocycles. The highest BCUT2D eigenvalue weighted by Gasteiger charge is 2.31. The van der Waals surface area contributed by atoms with Crippen molar-refractivity contribution in [1.82, 2.24) is 5.32 Å². The van der Waals surface area contributed by atoms with Gasteiger partial charge in [-0.25, -0.2) is 0 Å². The van der Waals surface area contributed by atoms with Crippen LogP contribution in [0.15, 0.2) is 0 Å². The van der Waals surface area contributed by atoms with Crippen LogP contribution >= 0.6 is 11.8 Å². The lowest BCUT2D eigenvalue weighted by Crippen LogP contribution is -2.43. The normalized spacial score (nSPS) is 30.6. The second kappa shape index (κ2) is 6.15. The summed E-state index contributed by atoms with van der Waals surface area (Å²) in [6, 6.07) is 0.838. The third-order valence-electron chi connectivity index (χ3n) is 4.07. The monoisotopic (exact) mass is 227 g/mol. The molecule has 15 heavy (non-hydrogen) atoms. The molecule has 2 fully saturated rings.